The van der Waals surface area contributed by atoms with Gasteiger partial charge in [0, 0.05) is 30.6 Å². The largest absolute Gasteiger partial charge is 0.476 e. The number of carboxylic acids is 1. The zero-order valence-electron chi connectivity index (χ0n) is 14.0. The SMILES string of the molecule is O=C(O)c1ccc(N2C[C@@H](Cc3ccnc4ccccc34)[C@H](O)C2)nn1. The van der Waals surface area contributed by atoms with Gasteiger partial charge in [0.05, 0.1) is 11.6 Å². The van der Waals surface area contributed by atoms with Crippen LogP contribution in [0.1, 0.15) is 16.1 Å². The first-order chi connectivity index (χ1) is 12.6. The normalized spacial score (nSPS) is 19.8. The Labute approximate surface area is 149 Å². The number of carboxylic acid groups (broad SMARTS) is 1. The summed E-state index contributed by atoms with van der Waals surface area (Å²) in [6.07, 6.45) is 2.05. The fourth-order valence-electron chi connectivity index (χ4n) is 3.47. The first-order valence-corrected chi connectivity index (χ1v) is 8.44. The number of pyridine rings is 1. The van der Waals surface area contributed by atoms with Crippen molar-refractivity contribution < 1.29 is 15.0 Å². The minimum atomic E-state index is -1.10. The third-order valence-corrected chi connectivity index (χ3v) is 4.82. The maximum atomic E-state index is 10.9. The molecule has 26 heavy (non-hydrogen) atoms. The van der Waals surface area contributed by atoms with E-state index in [1.165, 1.54) is 6.07 Å². The zero-order chi connectivity index (χ0) is 18.1. The molecular weight excluding hydrogens is 332 g/mol. The molecule has 0 spiro atoms. The molecule has 7 heteroatoms. The van der Waals surface area contributed by atoms with Gasteiger partial charge in [0.2, 0.25) is 0 Å². The number of aromatic nitrogens is 3. The average molecular weight is 350 g/mol. The lowest BCUT2D eigenvalue weighted by molar-refractivity contribution is 0.0689. The van der Waals surface area contributed by atoms with E-state index < -0.39 is 12.1 Å². The van der Waals surface area contributed by atoms with E-state index in [0.717, 1.165) is 22.9 Å². The van der Waals surface area contributed by atoms with E-state index in [2.05, 4.69) is 15.2 Å². The Hall–Kier alpha value is -3.06. The Morgan fingerprint density at radius 2 is 1.96 bits per heavy atom. The first-order valence-electron chi connectivity index (χ1n) is 8.44. The van der Waals surface area contributed by atoms with Gasteiger partial charge in [-0.1, -0.05) is 18.2 Å². The molecule has 1 aliphatic heterocycles. The van der Waals surface area contributed by atoms with Gasteiger partial charge < -0.3 is 15.1 Å². The molecule has 2 aromatic heterocycles. The molecule has 3 aromatic rings. The number of nitrogens with zero attached hydrogens (tertiary/aromatic N) is 4. The second kappa shape index (κ2) is 6.68. The molecule has 4 rings (SSSR count). The highest BCUT2D eigenvalue weighted by Gasteiger charge is 2.32. The molecule has 1 aromatic carbocycles. The molecule has 2 atom stereocenters. The first kappa shape index (κ1) is 16.4. The number of benzene rings is 1. The van der Waals surface area contributed by atoms with Gasteiger partial charge in [-0.25, -0.2) is 4.79 Å². The quantitative estimate of drug-likeness (QED) is 0.739. The second-order valence-corrected chi connectivity index (χ2v) is 6.51. The molecular formula is C19H18N4O3. The molecule has 0 saturated carbocycles. The summed E-state index contributed by atoms with van der Waals surface area (Å²) in [4.78, 5) is 17.2. The number of aromatic carboxylic acids is 1. The summed E-state index contributed by atoms with van der Waals surface area (Å²) < 4.78 is 0. The Morgan fingerprint density at radius 1 is 1.12 bits per heavy atom. The molecule has 0 unspecified atom stereocenters. The summed E-state index contributed by atoms with van der Waals surface area (Å²) in [6, 6.07) is 13.0. The number of para-hydroxylation sites is 1. The third kappa shape index (κ3) is 3.09. The molecule has 0 radical (unpaired) electrons. The number of β-amino-alcohol motifs (C(OH)–C–C–N with tert-alkyl or cyclic N) is 1. The molecule has 7 nitrogen and oxygen atoms in total. The van der Waals surface area contributed by atoms with Crippen LogP contribution in [0.3, 0.4) is 0 Å². The molecule has 3 heterocycles. The average Bonchev–Trinajstić information content (AvgIpc) is 3.03. The van der Waals surface area contributed by atoms with Crippen LogP contribution in [0.4, 0.5) is 5.82 Å². The van der Waals surface area contributed by atoms with E-state index in [0.29, 0.717) is 18.9 Å². The second-order valence-electron chi connectivity index (χ2n) is 6.51. The molecule has 2 N–H and O–H groups in total. The summed E-state index contributed by atoms with van der Waals surface area (Å²) >= 11 is 0. The van der Waals surface area contributed by atoms with Crippen LogP contribution in [-0.2, 0) is 6.42 Å². The Kier molecular flexibility index (Phi) is 4.22. The lowest BCUT2D eigenvalue weighted by Crippen LogP contribution is -2.22. The molecule has 132 valence electrons. The van der Waals surface area contributed by atoms with Crippen LogP contribution in [0, 0.1) is 5.92 Å². The predicted molar refractivity (Wildman–Crippen MR) is 96.1 cm³/mol. The Morgan fingerprint density at radius 3 is 2.73 bits per heavy atom. The van der Waals surface area contributed by atoms with Crippen LogP contribution >= 0.6 is 0 Å². The zero-order valence-corrected chi connectivity index (χ0v) is 14.0. The number of aliphatic hydroxyl groups is 1. The number of aliphatic hydroxyl groups excluding tert-OH is 1. The smallest absolute Gasteiger partial charge is 0.356 e. The molecule has 0 aliphatic carbocycles. The van der Waals surface area contributed by atoms with Crippen molar-refractivity contribution in [1.29, 1.82) is 0 Å². The molecule has 0 bridgehead atoms. The van der Waals surface area contributed by atoms with E-state index in [4.69, 9.17) is 5.11 Å². The van der Waals surface area contributed by atoms with Gasteiger partial charge in [0.25, 0.3) is 0 Å². The molecule has 1 aliphatic rings. The van der Waals surface area contributed by atoms with E-state index in [-0.39, 0.29) is 11.6 Å². The maximum absolute atomic E-state index is 10.9. The number of rotatable bonds is 4. The van der Waals surface area contributed by atoms with E-state index in [1.807, 2.05) is 35.2 Å². The highest BCUT2D eigenvalue weighted by atomic mass is 16.4. The minimum Gasteiger partial charge on any atom is -0.476 e. The summed E-state index contributed by atoms with van der Waals surface area (Å²) in [6.45, 7) is 1.09. The van der Waals surface area contributed by atoms with Crippen molar-refractivity contribution in [3.05, 3.63) is 59.9 Å². The highest BCUT2D eigenvalue weighted by Crippen LogP contribution is 2.27. The van der Waals surface area contributed by atoms with Crippen molar-refractivity contribution in [2.75, 3.05) is 18.0 Å². The number of hydrogen-bond donors (Lipinski definition) is 2. The van der Waals surface area contributed by atoms with Crippen molar-refractivity contribution in [3.63, 3.8) is 0 Å². The molecule has 1 fully saturated rings. The number of hydrogen-bond acceptors (Lipinski definition) is 6. The van der Waals surface area contributed by atoms with Crippen LogP contribution in [0.25, 0.3) is 10.9 Å². The summed E-state index contributed by atoms with van der Waals surface area (Å²) in [7, 11) is 0. The van der Waals surface area contributed by atoms with E-state index >= 15 is 0 Å². The molecule has 1 saturated heterocycles. The van der Waals surface area contributed by atoms with Crippen LogP contribution in [-0.4, -0.2) is 50.6 Å². The van der Waals surface area contributed by atoms with Crippen molar-refractivity contribution >= 4 is 22.7 Å². The van der Waals surface area contributed by atoms with Gasteiger partial charge in [-0.05, 0) is 36.2 Å². The van der Waals surface area contributed by atoms with Crippen LogP contribution < -0.4 is 4.90 Å². The fraction of sp³-hybridized carbons (Fsp3) is 0.263. The lowest BCUT2D eigenvalue weighted by atomic mass is 9.94. The predicted octanol–water partition coefficient (Wildman–Crippen LogP) is 1.76. The van der Waals surface area contributed by atoms with Crippen LogP contribution in [0.2, 0.25) is 0 Å². The van der Waals surface area contributed by atoms with Gasteiger partial charge in [-0.2, -0.15) is 0 Å². The van der Waals surface area contributed by atoms with Gasteiger partial charge in [-0.15, -0.1) is 10.2 Å². The highest BCUT2D eigenvalue weighted by molar-refractivity contribution is 5.85. The van der Waals surface area contributed by atoms with Crippen LogP contribution in [0.15, 0.2) is 48.7 Å². The topological polar surface area (TPSA) is 99.4 Å². The lowest BCUT2D eigenvalue weighted by Gasteiger charge is -2.16. The summed E-state index contributed by atoms with van der Waals surface area (Å²) in [5.74, 6) is -0.467. The van der Waals surface area contributed by atoms with Gasteiger partial charge in [0.1, 0.15) is 0 Å². The van der Waals surface area contributed by atoms with Crippen molar-refractivity contribution in [2.45, 2.75) is 12.5 Å². The van der Waals surface area contributed by atoms with Crippen molar-refractivity contribution in [3.8, 4) is 0 Å². The fourth-order valence-corrected chi connectivity index (χ4v) is 3.47. The summed E-state index contributed by atoms with van der Waals surface area (Å²) in [5.41, 5.74) is 2.02. The van der Waals surface area contributed by atoms with E-state index in [9.17, 15) is 9.90 Å². The third-order valence-electron chi connectivity index (χ3n) is 4.82. The summed E-state index contributed by atoms with van der Waals surface area (Å²) in [5, 5.41) is 28.2. The van der Waals surface area contributed by atoms with E-state index in [1.54, 1.807) is 12.3 Å². The maximum Gasteiger partial charge on any atom is 0.356 e. The van der Waals surface area contributed by atoms with Crippen molar-refractivity contribution in [1.82, 2.24) is 15.2 Å². The Bertz CT molecular complexity index is 940. The number of carbonyl (C=O) groups is 1. The standard InChI is InChI=1S/C19H18N4O3/c24-17-11-23(18-6-5-16(19(25)26)21-22-18)10-13(17)9-12-7-8-20-15-4-2-1-3-14(12)15/h1-8,13,17,24H,9-11H2,(H,25,26)/t13-,17-/m1/s1. The number of anilines is 1. The minimum absolute atomic E-state index is 0.0572. The van der Waals surface area contributed by atoms with Gasteiger partial charge >= 0.3 is 5.97 Å². The molecule has 0 amide bonds. The monoisotopic (exact) mass is 350 g/mol. The number of fused-ring (bicyclic) bond motifs is 1. The van der Waals surface area contributed by atoms with Crippen LogP contribution in [0.5, 0.6) is 0 Å². The Balaban J connectivity index is 1.52. The van der Waals surface area contributed by atoms with Gasteiger partial charge in [-0.3, -0.25) is 4.98 Å². The van der Waals surface area contributed by atoms with Crippen molar-refractivity contribution in [2.24, 2.45) is 5.92 Å². The van der Waals surface area contributed by atoms with Gasteiger partial charge in [0.15, 0.2) is 11.5 Å².